The van der Waals surface area contributed by atoms with Crippen LogP contribution in [0.1, 0.15) is 42.5 Å². The van der Waals surface area contributed by atoms with Gasteiger partial charge in [0.15, 0.2) is 11.5 Å². The fourth-order valence-corrected chi connectivity index (χ4v) is 6.05. The number of hydrogen-bond donors (Lipinski definition) is 3. The first kappa shape index (κ1) is 33.5. The zero-order valence-electron chi connectivity index (χ0n) is 26.6. The Kier molecular flexibility index (Phi) is 11.6. The number of benzene rings is 2. The highest BCUT2D eigenvalue weighted by atomic mass is 32.2. The lowest BCUT2D eigenvalue weighted by molar-refractivity contribution is -0.122. The van der Waals surface area contributed by atoms with Crippen LogP contribution < -0.4 is 40.3 Å². The van der Waals surface area contributed by atoms with E-state index in [-0.39, 0.29) is 22.9 Å². The predicted molar refractivity (Wildman–Crippen MR) is 178 cm³/mol. The van der Waals surface area contributed by atoms with Crippen LogP contribution in [0.4, 0.5) is 5.69 Å². The van der Waals surface area contributed by atoms with Crippen molar-refractivity contribution in [3.05, 3.63) is 75.4 Å². The van der Waals surface area contributed by atoms with Crippen LogP contribution in [0, 0.1) is 0 Å². The summed E-state index contributed by atoms with van der Waals surface area (Å²) in [5.41, 5.74) is 3.96. The molecule has 0 fully saturated rings. The van der Waals surface area contributed by atoms with E-state index >= 15 is 0 Å². The van der Waals surface area contributed by atoms with Gasteiger partial charge in [-0.1, -0.05) is 18.2 Å². The Balaban J connectivity index is 1.76. The molecule has 0 radical (unpaired) electrons. The maximum absolute atomic E-state index is 13.8. The summed E-state index contributed by atoms with van der Waals surface area (Å²) in [4.78, 5) is 39.4. The maximum atomic E-state index is 13.8. The van der Waals surface area contributed by atoms with Gasteiger partial charge in [-0.05, 0) is 83.9 Å². The first-order valence-corrected chi connectivity index (χ1v) is 16.1. The lowest BCUT2D eigenvalue weighted by Gasteiger charge is -2.19. The van der Waals surface area contributed by atoms with Crippen LogP contribution in [0.15, 0.2) is 53.3 Å². The highest BCUT2D eigenvalue weighted by Crippen LogP contribution is 2.50. The topological polar surface area (TPSA) is 124 Å². The van der Waals surface area contributed by atoms with Crippen LogP contribution in [0.5, 0.6) is 23.0 Å². The highest BCUT2D eigenvalue weighted by Gasteiger charge is 2.30. The van der Waals surface area contributed by atoms with Crippen molar-refractivity contribution >= 4 is 29.3 Å². The number of aryl methyl sites for hydroxylation is 1. The normalized spacial score (nSPS) is 14.1. The summed E-state index contributed by atoms with van der Waals surface area (Å²) >= 11 is 1.62. The summed E-state index contributed by atoms with van der Waals surface area (Å²) in [6.07, 6.45) is 3.63. The number of nitrogens with one attached hydrogen (secondary N) is 3. The molecule has 2 amide bonds. The molecule has 3 aromatic carbocycles. The lowest BCUT2D eigenvalue weighted by atomic mass is 9.95. The molecule has 0 bridgehead atoms. The van der Waals surface area contributed by atoms with Crippen molar-refractivity contribution in [1.29, 1.82) is 0 Å². The van der Waals surface area contributed by atoms with Crippen LogP contribution >= 0.6 is 11.8 Å². The molecule has 4 rings (SSSR count). The molecule has 0 unspecified atom stereocenters. The molecule has 3 aromatic rings. The van der Waals surface area contributed by atoms with Gasteiger partial charge in [-0.25, -0.2) is 0 Å². The van der Waals surface area contributed by atoms with E-state index in [0.29, 0.717) is 59.9 Å². The van der Waals surface area contributed by atoms with Gasteiger partial charge in [-0.2, -0.15) is 11.8 Å². The minimum absolute atomic E-state index is 0.206. The Morgan fingerprint density at radius 2 is 1.69 bits per heavy atom. The predicted octanol–water partition coefficient (Wildman–Crippen LogP) is 4.72. The van der Waals surface area contributed by atoms with Crippen molar-refractivity contribution < 1.29 is 28.5 Å². The van der Waals surface area contributed by atoms with Gasteiger partial charge in [0, 0.05) is 19.0 Å². The molecular weight excluding hydrogens is 594 g/mol. The Bertz CT molecular complexity index is 1580. The van der Waals surface area contributed by atoms with Crippen molar-refractivity contribution in [2.24, 2.45) is 0 Å². The monoisotopic (exact) mass is 635 g/mol. The number of ether oxygens (including phenoxy) is 4. The number of carbonyl (C=O) groups is 2. The number of anilines is 1. The van der Waals surface area contributed by atoms with E-state index in [1.54, 1.807) is 52.3 Å². The van der Waals surface area contributed by atoms with Crippen LogP contribution in [0.2, 0.25) is 0 Å². The number of rotatable bonds is 13. The molecule has 0 spiro atoms. The molecule has 0 heterocycles. The Hall–Kier alpha value is -4.38. The van der Waals surface area contributed by atoms with Gasteiger partial charge in [-0.15, -0.1) is 0 Å². The number of carbonyl (C=O) groups excluding carboxylic acids is 2. The van der Waals surface area contributed by atoms with E-state index < -0.39 is 12.1 Å². The van der Waals surface area contributed by atoms with Crippen LogP contribution in [0.25, 0.3) is 11.1 Å². The van der Waals surface area contributed by atoms with E-state index in [2.05, 4.69) is 16.0 Å². The second-order valence-electron chi connectivity index (χ2n) is 10.6. The van der Waals surface area contributed by atoms with Crippen molar-refractivity contribution in [2.75, 3.05) is 45.8 Å². The summed E-state index contributed by atoms with van der Waals surface area (Å²) in [5, 5.41) is 9.23. The van der Waals surface area contributed by atoms with Crippen molar-refractivity contribution in [3.63, 3.8) is 0 Å². The van der Waals surface area contributed by atoms with Gasteiger partial charge in [0.2, 0.25) is 23.0 Å². The van der Waals surface area contributed by atoms with Gasteiger partial charge in [0.05, 0.1) is 40.2 Å². The lowest BCUT2D eigenvalue weighted by Crippen LogP contribution is -2.40. The van der Waals surface area contributed by atoms with Crippen molar-refractivity contribution in [1.82, 2.24) is 10.6 Å². The van der Waals surface area contributed by atoms with Gasteiger partial charge < -0.3 is 34.9 Å². The van der Waals surface area contributed by atoms with E-state index in [0.717, 1.165) is 22.4 Å². The SMILES string of the molecule is COc1ccc(CNC(=O)[C@H](CCSC)Nc2ccc3c(cc2=O)[C@@H](NC(C)=O)CCc2cc(OC)c(OC)c(OC)c2-3)cc1. The zero-order chi connectivity index (χ0) is 32.5. The summed E-state index contributed by atoms with van der Waals surface area (Å²) in [5.74, 6) is 2.46. The van der Waals surface area contributed by atoms with E-state index in [9.17, 15) is 14.4 Å². The highest BCUT2D eigenvalue weighted by molar-refractivity contribution is 7.98. The molecule has 2 atom stereocenters. The average Bonchev–Trinajstić information content (AvgIpc) is 3.29. The third kappa shape index (κ3) is 7.83. The van der Waals surface area contributed by atoms with E-state index in [4.69, 9.17) is 18.9 Å². The largest absolute Gasteiger partial charge is 0.497 e. The number of hydrogen-bond acceptors (Lipinski definition) is 9. The molecule has 0 aliphatic heterocycles. The minimum atomic E-state index is -0.650. The summed E-state index contributed by atoms with van der Waals surface area (Å²) in [7, 11) is 6.27. The quantitative estimate of drug-likeness (QED) is 0.245. The molecular formula is C34H41N3O7S. The van der Waals surface area contributed by atoms with Gasteiger partial charge >= 0.3 is 0 Å². The number of methoxy groups -OCH3 is 4. The molecule has 0 saturated heterocycles. The number of thioether (sulfide) groups is 1. The van der Waals surface area contributed by atoms with Crippen LogP contribution in [-0.2, 0) is 22.6 Å². The Labute approximate surface area is 268 Å². The smallest absolute Gasteiger partial charge is 0.242 e. The number of fused-ring (bicyclic) bond motifs is 3. The summed E-state index contributed by atoms with van der Waals surface area (Å²) < 4.78 is 22.4. The van der Waals surface area contributed by atoms with Gasteiger partial charge in [0.25, 0.3) is 0 Å². The van der Waals surface area contributed by atoms with Crippen LogP contribution in [0.3, 0.4) is 0 Å². The van der Waals surface area contributed by atoms with Gasteiger partial charge in [-0.3, -0.25) is 14.4 Å². The number of amides is 2. The molecule has 240 valence electrons. The second-order valence-corrected chi connectivity index (χ2v) is 11.6. The maximum Gasteiger partial charge on any atom is 0.242 e. The van der Waals surface area contributed by atoms with Crippen molar-refractivity contribution in [2.45, 2.75) is 44.8 Å². The molecule has 11 heteroatoms. The van der Waals surface area contributed by atoms with Gasteiger partial charge in [0.1, 0.15) is 11.8 Å². The molecule has 10 nitrogen and oxygen atoms in total. The molecule has 1 aliphatic carbocycles. The standard InChI is InChI=1S/C34H41N3O7S/c1-20(38)36-26-13-9-22-17-30(42-3)32(43-4)33(44-5)31(22)24-12-14-27(29(39)18-25(24)26)37-28(15-16-45-6)34(40)35-19-21-7-10-23(41-2)11-8-21/h7-8,10-12,14,17-18,26,28H,9,13,15-16,19H2,1-6H3,(H,35,40)(H,36,38)(H,37,39)/t26-,28-/m0/s1. The molecule has 0 saturated carbocycles. The third-order valence-electron chi connectivity index (χ3n) is 7.80. The third-order valence-corrected chi connectivity index (χ3v) is 8.44. The average molecular weight is 636 g/mol. The minimum Gasteiger partial charge on any atom is -0.497 e. The summed E-state index contributed by atoms with van der Waals surface area (Å²) in [6.45, 7) is 1.79. The van der Waals surface area contributed by atoms with Crippen molar-refractivity contribution in [3.8, 4) is 34.1 Å². The van der Waals surface area contributed by atoms with E-state index in [1.807, 2.05) is 42.7 Å². The molecule has 45 heavy (non-hydrogen) atoms. The second kappa shape index (κ2) is 15.6. The Morgan fingerprint density at radius 1 is 0.956 bits per heavy atom. The fraction of sp³-hybridized carbons (Fsp3) is 0.382. The first-order chi connectivity index (χ1) is 21.7. The fourth-order valence-electron chi connectivity index (χ4n) is 5.57. The molecule has 1 aliphatic rings. The molecule has 3 N–H and O–H groups in total. The Morgan fingerprint density at radius 3 is 2.31 bits per heavy atom. The van der Waals surface area contributed by atoms with E-state index in [1.165, 1.54) is 6.92 Å². The zero-order valence-corrected chi connectivity index (χ0v) is 27.4. The molecule has 0 aromatic heterocycles. The summed E-state index contributed by atoms with van der Waals surface area (Å²) in [6, 6.07) is 13.4. The first-order valence-electron chi connectivity index (χ1n) is 14.7. The van der Waals surface area contributed by atoms with Crippen LogP contribution in [-0.4, -0.2) is 58.3 Å².